The number of nitrogens with zero attached hydrogens (tertiary/aromatic N) is 1. The average Bonchev–Trinajstić information content (AvgIpc) is 2.69. The number of aromatic nitrogens is 1. The first kappa shape index (κ1) is 9.92. The minimum Gasteiger partial charge on any atom is -0.356 e. The smallest absolute Gasteiger partial charge is 0.175 e. The van der Waals surface area contributed by atoms with Gasteiger partial charge in [-0.3, -0.25) is 0 Å². The Morgan fingerprint density at radius 2 is 1.80 bits per heavy atom. The minimum atomic E-state index is -3.13. The highest BCUT2D eigenvalue weighted by Crippen LogP contribution is 2.20. The van der Waals surface area contributed by atoms with Gasteiger partial charge in [-0.15, -0.1) is 0 Å². The van der Waals surface area contributed by atoms with Crippen LogP contribution in [-0.4, -0.2) is 19.8 Å². The first-order valence-electron chi connectivity index (χ1n) is 4.28. The molecule has 0 N–H and O–H groups in total. The maximum Gasteiger partial charge on any atom is 0.175 e. The number of sulfone groups is 1. The Kier molecular flexibility index (Phi) is 2.32. The van der Waals surface area contributed by atoms with E-state index in [4.69, 9.17) is 4.52 Å². The van der Waals surface area contributed by atoms with Gasteiger partial charge < -0.3 is 4.52 Å². The van der Waals surface area contributed by atoms with Crippen LogP contribution < -0.4 is 0 Å². The summed E-state index contributed by atoms with van der Waals surface area (Å²) >= 11 is 0. The van der Waals surface area contributed by atoms with Crippen LogP contribution in [0.4, 0.5) is 0 Å². The molecule has 1 aromatic carbocycles. The molecule has 0 bridgehead atoms. The average molecular weight is 223 g/mol. The van der Waals surface area contributed by atoms with Crippen LogP contribution in [0.3, 0.4) is 0 Å². The molecule has 0 aliphatic rings. The van der Waals surface area contributed by atoms with Crippen LogP contribution >= 0.6 is 0 Å². The van der Waals surface area contributed by atoms with Crippen LogP contribution in [0.1, 0.15) is 0 Å². The van der Waals surface area contributed by atoms with Gasteiger partial charge in [-0.2, -0.15) is 0 Å². The van der Waals surface area contributed by atoms with Gasteiger partial charge in [-0.25, -0.2) is 8.42 Å². The Morgan fingerprint density at radius 1 is 1.13 bits per heavy atom. The predicted molar refractivity (Wildman–Crippen MR) is 55.0 cm³/mol. The van der Waals surface area contributed by atoms with Gasteiger partial charge in [0.2, 0.25) is 0 Å². The van der Waals surface area contributed by atoms with E-state index < -0.39 is 9.84 Å². The zero-order chi connectivity index (χ0) is 10.9. The summed E-state index contributed by atoms with van der Waals surface area (Å²) in [7, 11) is -3.13. The third-order valence-electron chi connectivity index (χ3n) is 2.00. The molecule has 0 radical (unpaired) electrons. The van der Waals surface area contributed by atoms with E-state index >= 15 is 0 Å². The summed E-state index contributed by atoms with van der Waals surface area (Å²) in [6, 6.07) is 8.20. The zero-order valence-electron chi connectivity index (χ0n) is 8.04. The van der Waals surface area contributed by atoms with Gasteiger partial charge in [0, 0.05) is 17.9 Å². The monoisotopic (exact) mass is 223 g/mol. The van der Waals surface area contributed by atoms with Crippen LogP contribution in [0, 0.1) is 0 Å². The van der Waals surface area contributed by atoms with Gasteiger partial charge in [0.15, 0.2) is 15.6 Å². The third-order valence-corrected chi connectivity index (χ3v) is 3.13. The topological polar surface area (TPSA) is 60.2 Å². The Balaban J connectivity index is 2.42. The van der Waals surface area contributed by atoms with Crippen molar-refractivity contribution >= 4 is 9.84 Å². The van der Waals surface area contributed by atoms with Crippen molar-refractivity contribution in [3.8, 4) is 11.3 Å². The van der Waals surface area contributed by atoms with Crippen LogP contribution in [0.2, 0.25) is 0 Å². The molecule has 0 spiro atoms. The maximum absolute atomic E-state index is 11.2. The second kappa shape index (κ2) is 3.51. The molecule has 2 rings (SSSR count). The van der Waals surface area contributed by atoms with E-state index in [1.54, 1.807) is 36.5 Å². The Morgan fingerprint density at radius 3 is 2.27 bits per heavy atom. The van der Waals surface area contributed by atoms with Gasteiger partial charge >= 0.3 is 0 Å². The SMILES string of the molecule is CS(=O)(=O)c1ccc(-c2ccno2)cc1. The summed E-state index contributed by atoms with van der Waals surface area (Å²) in [5, 5.41) is 3.58. The van der Waals surface area contributed by atoms with Crippen molar-refractivity contribution in [1.82, 2.24) is 5.16 Å². The van der Waals surface area contributed by atoms with Gasteiger partial charge in [-0.05, 0) is 24.3 Å². The molecule has 78 valence electrons. The number of rotatable bonds is 2. The standard InChI is InChI=1S/C10H9NO3S/c1-15(12,13)9-4-2-8(3-5-9)10-6-7-11-14-10/h2-7H,1H3. The fourth-order valence-corrected chi connectivity index (χ4v) is 1.86. The van der Waals surface area contributed by atoms with Gasteiger partial charge in [0.05, 0.1) is 11.1 Å². The van der Waals surface area contributed by atoms with E-state index in [9.17, 15) is 8.42 Å². The lowest BCUT2D eigenvalue weighted by Gasteiger charge is -1.99. The summed E-state index contributed by atoms with van der Waals surface area (Å²) in [4.78, 5) is 0.297. The fourth-order valence-electron chi connectivity index (χ4n) is 1.23. The van der Waals surface area contributed by atoms with E-state index in [2.05, 4.69) is 5.16 Å². The van der Waals surface area contributed by atoms with Crippen LogP contribution in [0.25, 0.3) is 11.3 Å². The molecule has 4 nitrogen and oxygen atoms in total. The molecule has 0 saturated heterocycles. The lowest BCUT2D eigenvalue weighted by molar-refractivity contribution is 0.432. The molecule has 0 unspecified atom stereocenters. The van der Waals surface area contributed by atoms with Gasteiger partial charge in [-0.1, -0.05) is 5.16 Å². The summed E-state index contributed by atoms with van der Waals surface area (Å²) < 4.78 is 27.3. The second-order valence-electron chi connectivity index (χ2n) is 3.17. The van der Waals surface area contributed by atoms with Crippen molar-refractivity contribution < 1.29 is 12.9 Å². The minimum absolute atomic E-state index is 0.297. The van der Waals surface area contributed by atoms with Crippen molar-refractivity contribution in [2.24, 2.45) is 0 Å². The zero-order valence-corrected chi connectivity index (χ0v) is 8.86. The van der Waals surface area contributed by atoms with Gasteiger partial charge in [0.1, 0.15) is 0 Å². The molecule has 1 aromatic heterocycles. The summed E-state index contributed by atoms with van der Waals surface area (Å²) in [5.74, 6) is 0.620. The summed E-state index contributed by atoms with van der Waals surface area (Å²) in [6.45, 7) is 0. The maximum atomic E-state index is 11.2. The highest BCUT2D eigenvalue weighted by molar-refractivity contribution is 7.90. The van der Waals surface area contributed by atoms with E-state index in [0.717, 1.165) is 5.56 Å². The lowest BCUT2D eigenvalue weighted by atomic mass is 10.2. The largest absolute Gasteiger partial charge is 0.356 e. The normalized spacial score (nSPS) is 11.5. The molecular formula is C10H9NO3S. The van der Waals surface area contributed by atoms with Crippen LogP contribution in [0.15, 0.2) is 45.9 Å². The highest BCUT2D eigenvalue weighted by atomic mass is 32.2. The van der Waals surface area contributed by atoms with E-state index in [1.165, 1.54) is 6.26 Å². The van der Waals surface area contributed by atoms with Crippen LogP contribution in [-0.2, 0) is 9.84 Å². The Hall–Kier alpha value is -1.62. The number of hydrogen-bond donors (Lipinski definition) is 0. The summed E-state index contributed by atoms with van der Waals surface area (Å²) in [5.41, 5.74) is 0.805. The molecule has 0 aliphatic carbocycles. The lowest BCUT2D eigenvalue weighted by Crippen LogP contribution is -1.95. The molecule has 2 aromatic rings. The Bertz CT molecular complexity index is 541. The molecule has 0 fully saturated rings. The molecule has 0 saturated carbocycles. The van der Waals surface area contributed by atoms with Crippen molar-refractivity contribution in [3.63, 3.8) is 0 Å². The molecule has 15 heavy (non-hydrogen) atoms. The summed E-state index contributed by atoms with van der Waals surface area (Å²) in [6.07, 6.45) is 2.72. The van der Waals surface area contributed by atoms with E-state index in [-0.39, 0.29) is 0 Å². The van der Waals surface area contributed by atoms with E-state index in [1.807, 2.05) is 0 Å². The quantitative estimate of drug-likeness (QED) is 0.778. The van der Waals surface area contributed by atoms with Crippen molar-refractivity contribution in [2.75, 3.05) is 6.26 Å². The first-order valence-corrected chi connectivity index (χ1v) is 6.18. The van der Waals surface area contributed by atoms with Crippen LogP contribution in [0.5, 0.6) is 0 Å². The number of benzene rings is 1. The second-order valence-corrected chi connectivity index (χ2v) is 5.19. The van der Waals surface area contributed by atoms with Crippen molar-refractivity contribution in [2.45, 2.75) is 4.90 Å². The van der Waals surface area contributed by atoms with Crippen molar-refractivity contribution in [1.29, 1.82) is 0 Å². The Labute approximate surface area is 87.4 Å². The molecule has 0 atom stereocenters. The molecule has 0 amide bonds. The predicted octanol–water partition coefficient (Wildman–Crippen LogP) is 1.75. The van der Waals surface area contributed by atoms with Gasteiger partial charge in [0.25, 0.3) is 0 Å². The highest BCUT2D eigenvalue weighted by Gasteiger charge is 2.07. The van der Waals surface area contributed by atoms with Crippen molar-refractivity contribution in [3.05, 3.63) is 36.5 Å². The molecular weight excluding hydrogens is 214 g/mol. The van der Waals surface area contributed by atoms with E-state index in [0.29, 0.717) is 10.7 Å². The third kappa shape index (κ3) is 2.07. The first-order chi connectivity index (χ1) is 7.07. The number of hydrogen-bond acceptors (Lipinski definition) is 4. The molecule has 5 heteroatoms. The molecule has 1 heterocycles. The fraction of sp³-hybridized carbons (Fsp3) is 0.100. The molecule has 0 aliphatic heterocycles.